The molecular formula is C18H29O4P. The zero-order valence-electron chi connectivity index (χ0n) is 14.5. The highest BCUT2D eigenvalue weighted by Gasteiger charge is 2.43. The Balaban J connectivity index is 2.47. The highest BCUT2D eigenvalue weighted by molar-refractivity contribution is 7.54. The maximum absolute atomic E-state index is 13.6. The summed E-state index contributed by atoms with van der Waals surface area (Å²) in [4.78, 5) is 0. The first kappa shape index (κ1) is 18.5. The number of hydrogen-bond donors (Lipinski definition) is 0. The quantitative estimate of drug-likeness (QED) is 0.579. The Labute approximate surface area is 140 Å². The molecule has 1 aromatic carbocycles. The Morgan fingerprint density at radius 2 is 1.70 bits per heavy atom. The first-order valence-corrected chi connectivity index (χ1v) is 10.3. The minimum Gasteiger partial charge on any atom is -0.496 e. The molecule has 1 fully saturated rings. The van der Waals surface area contributed by atoms with Gasteiger partial charge < -0.3 is 13.8 Å². The number of hydrogen-bond acceptors (Lipinski definition) is 4. The molecule has 0 aliphatic heterocycles. The van der Waals surface area contributed by atoms with E-state index in [4.69, 9.17) is 13.8 Å². The summed E-state index contributed by atoms with van der Waals surface area (Å²) in [6, 6.07) is 7.83. The van der Waals surface area contributed by atoms with Gasteiger partial charge in [0.05, 0.1) is 26.0 Å². The average Bonchev–Trinajstić information content (AvgIpc) is 2.57. The van der Waals surface area contributed by atoms with Crippen LogP contribution in [0.1, 0.15) is 57.2 Å². The molecule has 0 spiro atoms. The molecule has 1 aliphatic rings. The molecule has 0 heterocycles. The van der Waals surface area contributed by atoms with Crippen molar-refractivity contribution in [3.63, 3.8) is 0 Å². The van der Waals surface area contributed by atoms with Gasteiger partial charge in [-0.2, -0.15) is 0 Å². The Morgan fingerprint density at radius 3 is 2.26 bits per heavy atom. The predicted molar refractivity (Wildman–Crippen MR) is 93.2 cm³/mol. The molecule has 0 N–H and O–H groups in total. The summed E-state index contributed by atoms with van der Waals surface area (Å²) in [5.74, 6) is 1.08. The van der Waals surface area contributed by atoms with E-state index in [-0.39, 0.29) is 5.66 Å². The molecule has 1 aliphatic carbocycles. The summed E-state index contributed by atoms with van der Waals surface area (Å²) in [5.41, 5.74) is 0.700. The van der Waals surface area contributed by atoms with Gasteiger partial charge in [-0.3, -0.25) is 4.57 Å². The minimum absolute atomic E-state index is 0.251. The van der Waals surface area contributed by atoms with Crippen LogP contribution >= 0.6 is 7.60 Å². The molecule has 0 bridgehead atoms. The monoisotopic (exact) mass is 340 g/mol. The molecule has 130 valence electrons. The van der Waals surface area contributed by atoms with E-state index in [1.165, 1.54) is 19.3 Å². The van der Waals surface area contributed by atoms with Gasteiger partial charge in [0.25, 0.3) is 0 Å². The molecule has 0 amide bonds. The lowest BCUT2D eigenvalue weighted by Gasteiger charge is -2.35. The number of rotatable bonds is 8. The van der Waals surface area contributed by atoms with Crippen LogP contribution in [-0.4, -0.2) is 20.3 Å². The maximum atomic E-state index is 13.6. The molecule has 0 saturated heterocycles. The fraction of sp³-hybridized carbons (Fsp3) is 0.667. The van der Waals surface area contributed by atoms with Crippen molar-refractivity contribution >= 4 is 7.60 Å². The van der Waals surface area contributed by atoms with Crippen LogP contribution in [0.25, 0.3) is 0 Å². The van der Waals surface area contributed by atoms with Gasteiger partial charge >= 0.3 is 7.60 Å². The second-order valence-corrected chi connectivity index (χ2v) is 8.11. The molecule has 4 nitrogen and oxygen atoms in total. The Bertz CT molecular complexity index is 516. The zero-order valence-corrected chi connectivity index (χ0v) is 15.4. The van der Waals surface area contributed by atoms with Crippen LogP contribution in [0.2, 0.25) is 0 Å². The lowest BCUT2D eigenvalue weighted by molar-refractivity contribution is 0.194. The third-order valence-electron chi connectivity index (χ3n) is 4.51. The number of para-hydroxylation sites is 1. The van der Waals surface area contributed by atoms with Gasteiger partial charge in [0.2, 0.25) is 0 Å². The fourth-order valence-electron chi connectivity index (χ4n) is 3.60. The summed E-state index contributed by atoms with van der Waals surface area (Å²) in [7, 11) is -1.58. The van der Waals surface area contributed by atoms with Gasteiger partial charge in [-0.05, 0) is 38.7 Å². The van der Waals surface area contributed by atoms with Crippen LogP contribution in [0.5, 0.6) is 5.75 Å². The van der Waals surface area contributed by atoms with Gasteiger partial charge in [-0.15, -0.1) is 0 Å². The van der Waals surface area contributed by atoms with Gasteiger partial charge in [0.15, 0.2) is 0 Å². The Hall–Kier alpha value is -0.830. The minimum atomic E-state index is -3.24. The lowest BCUT2D eigenvalue weighted by atomic mass is 9.84. The van der Waals surface area contributed by atoms with E-state index in [1.807, 2.05) is 38.1 Å². The van der Waals surface area contributed by atoms with E-state index >= 15 is 0 Å². The van der Waals surface area contributed by atoms with Crippen LogP contribution in [0.4, 0.5) is 0 Å². The number of ether oxygens (including phenoxy) is 1. The molecule has 1 saturated carbocycles. The Kier molecular flexibility index (Phi) is 7.13. The van der Waals surface area contributed by atoms with Crippen LogP contribution in [0.15, 0.2) is 24.3 Å². The predicted octanol–water partition coefficient (Wildman–Crippen LogP) is 5.58. The second-order valence-electron chi connectivity index (χ2n) is 5.96. The molecule has 0 aromatic heterocycles. The van der Waals surface area contributed by atoms with Gasteiger partial charge in [0, 0.05) is 5.56 Å². The summed E-state index contributed by atoms with van der Waals surface area (Å²) >= 11 is 0. The van der Waals surface area contributed by atoms with Crippen LogP contribution < -0.4 is 4.74 Å². The molecule has 23 heavy (non-hydrogen) atoms. The first-order valence-electron chi connectivity index (χ1n) is 8.68. The lowest BCUT2D eigenvalue weighted by Crippen LogP contribution is -2.20. The van der Waals surface area contributed by atoms with E-state index in [2.05, 4.69) is 0 Å². The summed E-state index contributed by atoms with van der Waals surface area (Å²) in [6.07, 6.45) is 5.73. The van der Waals surface area contributed by atoms with Crippen molar-refractivity contribution in [3.05, 3.63) is 29.8 Å². The van der Waals surface area contributed by atoms with Crippen molar-refractivity contribution < 1.29 is 18.3 Å². The van der Waals surface area contributed by atoms with E-state index in [1.54, 1.807) is 7.11 Å². The second kappa shape index (κ2) is 8.86. The molecular weight excluding hydrogens is 311 g/mol. The van der Waals surface area contributed by atoms with Crippen LogP contribution in [-0.2, 0) is 13.6 Å². The van der Waals surface area contributed by atoms with Gasteiger partial charge in [0.1, 0.15) is 5.75 Å². The van der Waals surface area contributed by atoms with E-state index < -0.39 is 7.60 Å². The van der Waals surface area contributed by atoms with E-state index in [0.717, 1.165) is 24.2 Å². The molecule has 1 unspecified atom stereocenters. The third-order valence-corrected chi connectivity index (χ3v) is 7.13. The zero-order chi connectivity index (χ0) is 16.7. The molecule has 1 aromatic rings. The number of benzene rings is 1. The molecule has 0 radical (unpaired) electrons. The molecule has 2 rings (SSSR count). The average molecular weight is 340 g/mol. The maximum Gasteiger partial charge on any atom is 0.338 e. The molecule has 1 atom stereocenters. The fourth-order valence-corrected chi connectivity index (χ4v) is 6.08. The van der Waals surface area contributed by atoms with E-state index in [0.29, 0.717) is 19.1 Å². The van der Waals surface area contributed by atoms with Crippen molar-refractivity contribution in [2.75, 3.05) is 20.3 Å². The van der Waals surface area contributed by atoms with Gasteiger partial charge in [-0.1, -0.05) is 37.5 Å². The van der Waals surface area contributed by atoms with Crippen molar-refractivity contribution in [3.8, 4) is 5.75 Å². The smallest absolute Gasteiger partial charge is 0.338 e. The van der Waals surface area contributed by atoms with Crippen molar-refractivity contribution in [1.29, 1.82) is 0 Å². The molecule has 5 heteroatoms. The Morgan fingerprint density at radius 1 is 1.09 bits per heavy atom. The standard InChI is InChI=1S/C18H29O4P/c1-4-21-23(19,22-5-2)18(15-11-7-6-8-12-15)16-13-9-10-14-17(16)20-3/h9-10,13-15,18H,4-8,11-12H2,1-3H3. The summed E-state index contributed by atoms with van der Waals surface area (Å²) in [6.45, 7) is 4.50. The van der Waals surface area contributed by atoms with Crippen molar-refractivity contribution in [1.82, 2.24) is 0 Å². The topological polar surface area (TPSA) is 44.8 Å². The SMILES string of the molecule is CCOP(=O)(OCC)C(c1ccccc1OC)C1CCCCC1. The van der Waals surface area contributed by atoms with Crippen molar-refractivity contribution in [2.24, 2.45) is 5.92 Å². The highest BCUT2D eigenvalue weighted by atomic mass is 31.2. The van der Waals surface area contributed by atoms with Crippen LogP contribution in [0, 0.1) is 5.92 Å². The normalized spacial score (nSPS) is 17.9. The van der Waals surface area contributed by atoms with Crippen molar-refractivity contribution in [2.45, 2.75) is 51.6 Å². The summed E-state index contributed by atoms with van der Waals surface area (Å²) in [5, 5.41) is 0. The first-order chi connectivity index (χ1) is 11.2. The summed E-state index contributed by atoms with van der Waals surface area (Å²) < 4.78 is 30.6. The largest absolute Gasteiger partial charge is 0.496 e. The van der Waals surface area contributed by atoms with Gasteiger partial charge in [-0.25, -0.2) is 0 Å². The van der Waals surface area contributed by atoms with Crippen LogP contribution in [0.3, 0.4) is 0 Å². The highest BCUT2D eigenvalue weighted by Crippen LogP contribution is 2.66. The number of methoxy groups -OCH3 is 1. The van der Waals surface area contributed by atoms with E-state index in [9.17, 15) is 4.57 Å². The third kappa shape index (κ3) is 4.37.